The normalized spacial score (nSPS) is 14.1. The van der Waals surface area contributed by atoms with Crippen molar-refractivity contribution in [1.29, 1.82) is 0 Å². The largest absolute Gasteiger partial charge is 0.495 e. The Labute approximate surface area is 163 Å². The van der Waals surface area contributed by atoms with Crippen LogP contribution in [0.4, 0.5) is 11.4 Å². The summed E-state index contributed by atoms with van der Waals surface area (Å²) >= 11 is 0. The van der Waals surface area contributed by atoms with Crippen LogP contribution in [-0.2, 0) is 9.53 Å². The molecule has 0 saturated carbocycles. The Bertz CT molecular complexity index is 888. The van der Waals surface area contributed by atoms with E-state index in [4.69, 9.17) is 9.47 Å². The van der Waals surface area contributed by atoms with Crippen molar-refractivity contribution in [3.05, 3.63) is 59.7 Å². The van der Waals surface area contributed by atoms with E-state index < -0.39 is 11.9 Å². The summed E-state index contributed by atoms with van der Waals surface area (Å²) in [6, 6.07) is 12.0. The smallest absolute Gasteiger partial charge is 0.337 e. The molecule has 1 fully saturated rings. The third kappa shape index (κ3) is 4.69. The molecule has 2 aromatic rings. The highest BCUT2D eigenvalue weighted by Crippen LogP contribution is 2.30. The van der Waals surface area contributed by atoms with Crippen molar-refractivity contribution in [2.24, 2.45) is 0 Å². The highest BCUT2D eigenvalue weighted by Gasteiger charge is 2.15. The van der Waals surface area contributed by atoms with E-state index in [1.54, 1.807) is 31.4 Å². The zero-order valence-electron chi connectivity index (χ0n) is 15.6. The number of morpholine rings is 1. The molecule has 0 unspecified atom stereocenters. The van der Waals surface area contributed by atoms with Crippen molar-refractivity contribution in [2.45, 2.75) is 0 Å². The van der Waals surface area contributed by atoms with E-state index in [0.717, 1.165) is 30.1 Å². The van der Waals surface area contributed by atoms with Gasteiger partial charge in [0.25, 0.3) is 0 Å². The van der Waals surface area contributed by atoms with Gasteiger partial charge < -0.3 is 24.8 Å². The second-order valence-corrected chi connectivity index (χ2v) is 6.20. The van der Waals surface area contributed by atoms with Crippen LogP contribution in [0.2, 0.25) is 0 Å². The number of para-hydroxylation sites is 1. The van der Waals surface area contributed by atoms with E-state index in [2.05, 4.69) is 10.2 Å². The third-order valence-electron chi connectivity index (χ3n) is 4.40. The molecule has 28 heavy (non-hydrogen) atoms. The number of hydrogen-bond acceptors (Lipinski definition) is 5. The number of amides is 1. The summed E-state index contributed by atoms with van der Waals surface area (Å²) in [6.45, 7) is 2.97. The number of hydrogen-bond donors (Lipinski definition) is 2. The van der Waals surface area contributed by atoms with Gasteiger partial charge in [-0.25, -0.2) is 4.79 Å². The summed E-state index contributed by atoms with van der Waals surface area (Å²) in [4.78, 5) is 25.6. The predicted molar refractivity (Wildman–Crippen MR) is 107 cm³/mol. The summed E-state index contributed by atoms with van der Waals surface area (Å²) in [7, 11) is 1.61. The van der Waals surface area contributed by atoms with E-state index in [0.29, 0.717) is 13.2 Å². The molecule has 0 aromatic heterocycles. The molecule has 0 aliphatic carbocycles. The number of methoxy groups -OCH3 is 1. The maximum absolute atomic E-state index is 12.2. The molecule has 0 bridgehead atoms. The molecule has 146 valence electrons. The molecule has 3 rings (SSSR count). The number of rotatable bonds is 6. The number of aromatic carboxylic acids is 1. The van der Waals surface area contributed by atoms with Gasteiger partial charge in [-0.2, -0.15) is 0 Å². The van der Waals surface area contributed by atoms with Crippen LogP contribution in [0.25, 0.3) is 6.08 Å². The lowest BCUT2D eigenvalue weighted by Gasteiger charge is -2.30. The summed E-state index contributed by atoms with van der Waals surface area (Å²) < 4.78 is 10.9. The molecule has 1 heterocycles. The van der Waals surface area contributed by atoms with Gasteiger partial charge in [-0.15, -0.1) is 0 Å². The van der Waals surface area contributed by atoms with Crippen LogP contribution in [0.3, 0.4) is 0 Å². The summed E-state index contributed by atoms with van der Waals surface area (Å²) in [5.41, 5.74) is 2.09. The van der Waals surface area contributed by atoms with E-state index in [-0.39, 0.29) is 11.3 Å². The van der Waals surface area contributed by atoms with Crippen LogP contribution in [0.1, 0.15) is 15.9 Å². The fraction of sp³-hybridized carbons (Fsp3) is 0.238. The molecule has 1 aliphatic rings. The Hall–Kier alpha value is -3.32. The maximum Gasteiger partial charge on any atom is 0.337 e. The SMILES string of the molecule is COc1cc(C=CC(=O)Nc2ccccc2C(=O)O)ccc1N1CCOCC1. The molecular formula is C21H22N2O5. The Kier molecular flexibility index (Phi) is 6.29. The molecule has 0 radical (unpaired) electrons. The Morgan fingerprint density at radius 1 is 1.18 bits per heavy atom. The first kappa shape index (κ1) is 19.4. The fourth-order valence-electron chi connectivity index (χ4n) is 2.99. The predicted octanol–water partition coefficient (Wildman–Crippen LogP) is 2.88. The van der Waals surface area contributed by atoms with Gasteiger partial charge in [0, 0.05) is 19.2 Å². The zero-order chi connectivity index (χ0) is 19.9. The summed E-state index contributed by atoms with van der Waals surface area (Å²) in [6.07, 6.45) is 3.02. The number of anilines is 2. The molecule has 2 aromatic carbocycles. The van der Waals surface area contributed by atoms with Crippen LogP contribution < -0.4 is 15.0 Å². The maximum atomic E-state index is 12.2. The number of benzene rings is 2. The van der Waals surface area contributed by atoms with Crippen LogP contribution in [0, 0.1) is 0 Å². The first-order valence-corrected chi connectivity index (χ1v) is 8.90. The topological polar surface area (TPSA) is 88.1 Å². The fourth-order valence-corrected chi connectivity index (χ4v) is 2.99. The van der Waals surface area contributed by atoms with E-state index in [1.807, 2.05) is 18.2 Å². The number of nitrogens with one attached hydrogen (secondary N) is 1. The minimum Gasteiger partial charge on any atom is -0.495 e. The van der Waals surface area contributed by atoms with Gasteiger partial charge in [-0.3, -0.25) is 4.79 Å². The number of carboxylic acid groups (broad SMARTS) is 1. The average Bonchev–Trinajstić information content (AvgIpc) is 2.73. The number of carbonyl (C=O) groups is 2. The molecule has 7 heteroatoms. The Morgan fingerprint density at radius 3 is 2.64 bits per heavy atom. The second kappa shape index (κ2) is 9.05. The van der Waals surface area contributed by atoms with Crippen molar-refractivity contribution >= 4 is 29.3 Å². The highest BCUT2D eigenvalue weighted by molar-refractivity contribution is 6.06. The zero-order valence-corrected chi connectivity index (χ0v) is 15.6. The van der Waals surface area contributed by atoms with E-state index >= 15 is 0 Å². The lowest BCUT2D eigenvalue weighted by atomic mass is 10.1. The number of carboxylic acids is 1. The molecule has 0 atom stereocenters. The second-order valence-electron chi connectivity index (χ2n) is 6.20. The van der Waals surface area contributed by atoms with Gasteiger partial charge in [0.15, 0.2) is 0 Å². The third-order valence-corrected chi connectivity index (χ3v) is 4.40. The number of ether oxygens (including phenoxy) is 2. The van der Waals surface area contributed by atoms with Crippen molar-refractivity contribution < 1.29 is 24.2 Å². The van der Waals surface area contributed by atoms with E-state index in [1.165, 1.54) is 12.1 Å². The lowest BCUT2D eigenvalue weighted by molar-refractivity contribution is -0.111. The van der Waals surface area contributed by atoms with Crippen LogP contribution in [0.15, 0.2) is 48.5 Å². The molecule has 1 saturated heterocycles. The quantitative estimate of drug-likeness (QED) is 0.747. The number of nitrogens with zero attached hydrogens (tertiary/aromatic N) is 1. The first-order chi connectivity index (χ1) is 13.6. The van der Waals surface area contributed by atoms with Crippen molar-refractivity contribution in [3.8, 4) is 5.75 Å². The molecular weight excluding hydrogens is 360 g/mol. The highest BCUT2D eigenvalue weighted by atomic mass is 16.5. The van der Waals surface area contributed by atoms with Gasteiger partial charge in [0.05, 0.1) is 37.3 Å². The monoisotopic (exact) mass is 382 g/mol. The number of carbonyl (C=O) groups excluding carboxylic acids is 1. The van der Waals surface area contributed by atoms with Crippen molar-refractivity contribution in [1.82, 2.24) is 0 Å². The molecule has 7 nitrogen and oxygen atoms in total. The standard InChI is InChI=1S/C21H22N2O5/c1-27-19-14-15(6-8-18(19)23-10-12-28-13-11-23)7-9-20(24)22-17-5-3-2-4-16(17)21(25)26/h2-9,14H,10-13H2,1H3,(H,22,24)(H,25,26). The van der Waals surface area contributed by atoms with Crippen molar-refractivity contribution in [2.75, 3.05) is 43.6 Å². The van der Waals surface area contributed by atoms with Gasteiger partial charge in [-0.1, -0.05) is 18.2 Å². The molecule has 0 spiro atoms. The van der Waals surface area contributed by atoms with Crippen molar-refractivity contribution in [3.63, 3.8) is 0 Å². The van der Waals surface area contributed by atoms with Crippen LogP contribution >= 0.6 is 0 Å². The van der Waals surface area contributed by atoms with Gasteiger partial charge in [-0.05, 0) is 35.9 Å². The summed E-state index contributed by atoms with van der Waals surface area (Å²) in [5, 5.41) is 11.8. The molecule has 1 amide bonds. The minimum atomic E-state index is -1.09. The summed E-state index contributed by atoms with van der Waals surface area (Å²) in [5.74, 6) is -0.783. The van der Waals surface area contributed by atoms with Gasteiger partial charge in [0.1, 0.15) is 5.75 Å². The van der Waals surface area contributed by atoms with E-state index in [9.17, 15) is 14.7 Å². The van der Waals surface area contributed by atoms with Gasteiger partial charge in [0.2, 0.25) is 5.91 Å². The van der Waals surface area contributed by atoms with Crippen LogP contribution in [0.5, 0.6) is 5.75 Å². The molecule has 2 N–H and O–H groups in total. The molecule has 1 aliphatic heterocycles. The lowest BCUT2D eigenvalue weighted by Crippen LogP contribution is -2.36. The average molecular weight is 382 g/mol. The van der Waals surface area contributed by atoms with Crippen LogP contribution in [-0.4, -0.2) is 50.4 Å². The Morgan fingerprint density at radius 2 is 1.93 bits per heavy atom. The first-order valence-electron chi connectivity index (χ1n) is 8.90. The minimum absolute atomic E-state index is 0.0424. The van der Waals surface area contributed by atoms with Gasteiger partial charge >= 0.3 is 5.97 Å². The Balaban J connectivity index is 1.71.